The van der Waals surface area contributed by atoms with Gasteiger partial charge in [0.15, 0.2) is 0 Å². The van der Waals surface area contributed by atoms with Gasteiger partial charge in [-0.3, -0.25) is 4.79 Å². The number of halogens is 1. The van der Waals surface area contributed by atoms with Gasteiger partial charge in [0.1, 0.15) is 0 Å². The van der Waals surface area contributed by atoms with E-state index in [0.29, 0.717) is 17.7 Å². The number of fused-ring (bicyclic) bond motifs is 2. The van der Waals surface area contributed by atoms with E-state index in [1.807, 2.05) is 11.9 Å². The lowest BCUT2D eigenvalue weighted by atomic mass is 9.88. The zero-order chi connectivity index (χ0) is 10.8. The minimum Gasteiger partial charge on any atom is -0.345 e. The summed E-state index contributed by atoms with van der Waals surface area (Å²) in [5.74, 6) is 2.36. The predicted octanol–water partition coefficient (Wildman–Crippen LogP) is 2.67. The molecule has 0 aromatic carbocycles. The molecule has 2 saturated carbocycles. The minimum absolute atomic E-state index is 0.365. The van der Waals surface area contributed by atoms with Gasteiger partial charge in [0.2, 0.25) is 5.91 Å². The van der Waals surface area contributed by atoms with Crippen molar-refractivity contribution in [3.63, 3.8) is 0 Å². The third-order valence-corrected chi connectivity index (χ3v) is 4.62. The van der Waals surface area contributed by atoms with Crippen LogP contribution in [-0.4, -0.2) is 29.7 Å². The molecule has 1 amide bonds. The van der Waals surface area contributed by atoms with Crippen molar-refractivity contribution in [2.75, 3.05) is 18.9 Å². The van der Waals surface area contributed by atoms with Gasteiger partial charge in [-0.15, -0.1) is 0 Å². The van der Waals surface area contributed by atoms with Crippen molar-refractivity contribution in [2.45, 2.75) is 32.1 Å². The van der Waals surface area contributed by atoms with Gasteiger partial charge in [0, 0.05) is 24.8 Å². The van der Waals surface area contributed by atoms with Gasteiger partial charge in [-0.25, -0.2) is 0 Å². The van der Waals surface area contributed by atoms with Crippen LogP contribution in [0.5, 0.6) is 0 Å². The van der Waals surface area contributed by atoms with Crippen LogP contribution in [0.4, 0.5) is 0 Å². The van der Waals surface area contributed by atoms with Crippen LogP contribution in [0.25, 0.3) is 0 Å². The zero-order valence-electron chi connectivity index (χ0n) is 9.42. The summed E-state index contributed by atoms with van der Waals surface area (Å²) in [6.07, 6.45) is 6.22. The van der Waals surface area contributed by atoms with Crippen LogP contribution >= 0.6 is 15.9 Å². The molecule has 0 N–H and O–H groups in total. The molecule has 3 atom stereocenters. The molecular formula is C12H20BrNO. The number of hydrogen-bond acceptors (Lipinski definition) is 1. The van der Waals surface area contributed by atoms with E-state index >= 15 is 0 Å². The smallest absolute Gasteiger partial charge is 0.225 e. The van der Waals surface area contributed by atoms with E-state index in [4.69, 9.17) is 0 Å². The Kier molecular flexibility index (Phi) is 3.70. The van der Waals surface area contributed by atoms with Crippen LogP contribution in [0.3, 0.4) is 0 Å². The van der Waals surface area contributed by atoms with E-state index in [1.54, 1.807) is 0 Å². The summed E-state index contributed by atoms with van der Waals surface area (Å²) < 4.78 is 0. The van der Waals surface area contributed by atoms with Crippen LogP contribution in [0, 0.1) is 17.8 Å². The first kappa shape index (κ1) is 11.4. The highest BCUT2D eigenvalue weighted by Crippen LogP contribution is 2.48. The van der Waals surface area contributed by atoms with E-state index in [9.17, 15) is 4.79 Å². The molecule has 0 radical (unpaired) electrons. The van der Waals surface area contributed by atoms with Gasteiger partial charge >= 0.3 is 0 Å². The Bertz CT molecular complexity index is 244. The number of amides is 1. The van der Waals surface area contributed by atoms with E-state index in [1.165, 1.54) is 25.7 Å². The van der Waals surface area contributed by atoms with Gasteiger partial charge in [-0.05, 0) is 37.5 Å². The molecule has 0 heterocycles. The molecule has 2 aliphatic rings. The van der Waals surface area contributed by atoms with E-state index < -0.39 is 0 Å². The standard InChI is InChI=1S/C12H20BrNO/c1-14(6-2-5-13)12(15)11-8-9-3-4-10(11)7-9/h9-11H,2-8H2,1H3. The van der Waals surface area contributed by atoms with Gasteiger partial charge in [-0.2, -0.15) is 0 Å². The van der Waals surface area contributed by atoms with Crippen molar-refractivity contribution < 1.29 is 4.79 Å². The second-order valence-electron chi connectivity index (χ2n) is 5.08. The highest BCUT2D eigenvalue weighted by atomic mass is 79.9. The first-order valence-corrected chi connectivity index (χ1v) is 7.15. The fourth-order valence-corrected chi connectivity index (χ4v) is 3.49. The van der Waals surface area contributed by atoms with Crippen molar-refractivity contribution >= 4 is 21.8 Å². The van der Waals surface area contributed by atoms with Crippen molar-refractivity contribution in [3.05, 3.63) is 0 Å². The molecule has 2 nitrogen and oxygen atoms in total. The summed E-state index contributed by atoms with van der Waals surface area (Å²) >= 11 is 3.41. The predicted molar refractivity (Wildman–Crippen MR) is 65.0 cm³/mol. The lowest BCUT2D eigenvalue weighted by Crippen LogP contribution is -2.36. The maximum absolute atomic E-state index is 12.2. The number of alkyl halides is 1. The number of carbonyl (C=O) groups is 1. The van der Waals surface area contributed by atoms with Gasteiger partial charge in [0.05, 0.1) is 0 Å². The average Bonchev–Trinajstić information content (AvgIpc) is 2.86. The lowest BCUT2D eigenvalue weighted by molar-refractivity contribution is -0.135. The van der Waals surface area contributed by atoms with Crippen molar-refractivity contribution in [1.82, 2.24) is 4.90 Å². The maximum Gasteiger partial charge on any atom is 0.225 e. The number of rotatable bonds is 4. The minimum atomic E-state index is 0.365. The van der Waals surface area contributed by atoms with Crippen LogP contribution in [-0.2, 0) is 4.79 Å². The molecule has 86 valence electrons. The van der Waals surface area contributed by atoms with Crippen LogP contribution < -0.4 is 0 Å². The molecule has 2 aliphatic carbocycles. The topological polar surface area (TPSA) is 20.3 Å². The van der Waals surface area contributed by atoms with Gasteiger partial charge in [0.25, 0.3) is 0 Å². The summed E-state index contributed by atoms with van der Waals surface area (Å²) in [6.45, 7) is 0.901. The molecular weight excluding hydrogens is 254 g/mol. The Balaban J connectivity index is 1.85. The summed E-state index contributed by atoms with van der Waals surface area (Å²) in [5, 5.41) is 0.987. The second kappa shape index (κ2) is 4.86. The van der Waals surface area contributed by atoms with Gasteiger partial charge in [-0.1, -0.05) is 22.4 Å². The fraction of sp³-hybridized carbons (Fsp3) is 0.917. The number of nitrogens with zero attached hydrogens (tertiary/aromatic N) is 1. The Morgan fingerprint density at radius 3 is 2.73 bits per heavy atom. The van der Waals surface area contributed by atoms with Crippen LogP contribution in [0.15, 0.2) is 0 Å². The third-order valence-electron chi connectivity index (χ3n) is 4.06. The van der Waals surface area contributed by atoms with E-state index in [-0.39, 0.29) is 0 Å². The quantitative estimate of drug-likeness (QED) is 0.722. The molecule has 0 spiro atoms. The zero-order valence-corrected chi connectivity index (χ0v) is 11.0. The monoisotopic (exact) mass is 273 g/mol. The van der Waals surface area contributed by atoms with E-state index in [0.717, 1.165) is 24.2 Å². The SMILES string of the molecule is CN(CCCBr)C(=O)C1CC2CCC1C2. The third kappa shape index (κ3) is 2.38. The molecule has 2 rings (SSSR count). The van der Waals surface area contributed by atoms with Crippen molar-refractivity contribution in [3.8, 4) is 0 Å². The first-order chi connectivity index (χ1) is 7.22. The van der Waals surface area contributed by atoms with Gasteiger partial charge < -0.3 is 4.90 Å². The Morgan fingerprint density at radius 1 is 1.40 bits per heavy atom. The van der Waals surface area contributed by atoms with Crippen LogP contribution in [0.2, 0.25) is 0 Å². The Hall–Kier alpha value is -0.0500. The fourth-order valence-electron chi connectivity index (χ4n) is 3.24. The second-order valence-corrected chi connectivity index (χ2v) is 5.88. The molecule has 3 heteroatoms. The number of hydrogen-bond donors (Lipinski definition) is 0. The lowest BCUT2D eigenvalue weighted by Gasteiger charge is -2.26. The summed E-state index contributed by atoms with van der Waals surface area (Å²) in [6, 6.07) is 0. The molecule has 0 aromatic heterocycles. The Labute approximate surface area is 101 Å². The first-order valence-electron chi connectivity index (χ1n) is 6.03. The average molecular weight is 274 g/mol. The highest BCUT2D eigenvalue weighted by molar-refractivity contribution is 9.09. The maximum atomic E-state index is 12.2. The molecule has 0 saturated heterocycles. The van der Waals surface area contributed by atoms with Crippen LogP contribution in [0.1, 0.15) is 32.1 Å². The normalized spacial score (nSPS) is 33.3. The highest BCUT2D eigenvalue weighted by Gasteiger charge is 2.43. The summed E-state index contributed by atoms with van der Waals surface area (Å²) in [4.78, 5) is 14.1. The molecule has 0 aliphatic heterocycles. The van der Waals surface area contributed by atoms with Crippen molar-refractivity contribution in [1.29, 1.82) is 0 Å². The summed E-state index contributed by atoms with van der Waals surface area (Å²) in [5.41, 5.74) is 0. The van der Waals surface area contributed by atoms with E-state index in [2.05, 4.69) is 15.9 Å². The number of carbonyl (C=O) groups excluding carboxylic acids is 1. The summed E-state index contributed by atoms with van der Waals surface area (Å²) in [7, 11) is 1.96. The largest absolute Gasteiger partial charge is 0.345 e. The molecule has 2 fully saturated rings. The molecule has 2 bridgehead atoms. The molecule has 0 aromatic rings. The molecule has 3 unspecified atom stereocenters. The Morgan fingerprint density at radius 2 is 2.20 bits per heavy atom. The van der Waals surface area contributed by atoms with Crippen molar-refractivity contribution in [2.24, 2.45) is 17.8 Å². The molecule has 15 heavy (non-hydrogen) atoms.